The van der Waals surface area contributed by atoms with Crippen molar-refractivity contribution in [2.24, 2.45) is 0 Å². The highest BCUT2D eigenvalue weighted by Gasteiger charge is 2.16. The summed E-state index contributed by atoms with van der Waals surface area (Å²) < 4.78 is 16.6. The molecule has 0 saturated heterocycles. The number of fused-ring (bicyclic) bond motifs is 1. The summed E-state index contributed by atoms with van der Waals surface area (Å²) >= 11 is 1.71. The molecule has 3 rings (SSSR count). The van der Waals surface area contributed by atoms with Crippen LogP contribution in [0.1, 0.15) is 23.7 Å². The average molecular weight is 303 g/mol. The first-order chi connectivity index (χ1) is 10.2. The van der Waals surface area contributed by atoms with Gasteiger partial charge in [-0.3, -0.25) is 0 Å². The van der Waals surface area contributed by atoms with Gasteiger partial charge in [0.2, 0.25) is 0 Å². The zero-order chi connectivity index (χ0) is 14.8. The van der Waals surface area contributed by atoms with E-state index < -0.39 is 0 Å². The summed E-state index contributed by atoms with van der Waals surface area (Å²) in [6, 6.07) is 7.22. The summed E-state index contributed by atoms with van der Waals surface area (Å²) in [6.07, 6.45) is 4.67. The monoisotopic (exact) mass is 303 g/mol. The van der Waals surface area contributed by atoms with E-state index in [1.165, 1.54) is 10.9 Å². The quantitative estimate of drug-likeness (QED) is 0.778. The lowest BCUT2D eigenvalue weighted by Crippen LogP contribution is -2.19. The SMILES string of the molecule is CCn1ccnc1CC(NC)c1cc2cc(F)ccc2s1. The molecule has 0 saturated carbocycles. The number of halogens is 1. The van der Waals surface area contributed by atoms with Gasteiger partial charge >= 0.3 is 0 Å². The fourth-order valence-corrected chi connectivity index (χ4v) is 3.71. The van der Waals surface area contributed by atoms with Crippen molar-refractivity contribution in [3.63, 3.8) is 0 Å². The second kappa shape index (κ2) is 5.95. The minimum atomic E-state index is -0.186. The minimum absolute atomic E-state index is 0.186. The Bertz CT molecular complexity index is 747. The van der Waals surface area contributed by atoms with Crippen molar-refractivity contribution < 1.29 is 4.39 Å². The topological polar surface area (TPSA) is 29.9 Å². The molecular weight excluding hydrogens is 285 g/mol. The largest absolute Gasteiger partial charge is 0.335 e. The Morgan fingerprint density at radius 1 is 1.38 bits per heavy atom. The first-order valence-electron chi connectivity index (χ1n) is 7.07. The van der Waals surface area contributed by atoms with Gasteiger partial charge in [0.15, 0.2) is 0 Å². The molecule has 1 atom stereocenters. The van der Waals surface area contributed by atoms with E-state index >= 15 is 0 Å². The molecule has 2 aromatic heterocycles. The van der Waals surface area contributed by atoms with Gasteiger partial charge in [-0.1, -0.05) is 0 Å². The molecule has 3 nitrogen and oxygen atoms in total. The van der Waals surface area contributed by atoms with Crippen LogP contribution in [0.3, 0.4) is 0 Å². The molecule has 0 amide bonds. The van der Waals surface area contributed by atoms with Crippen LogP contribution in [0, 0.1) is 5.82 Å². The van der Waals surface area contributed by atoms with Gasteiger partial charge in [-0.2, -0.15) is 0 Å². The average Bonchev–Trinajstić information content (AvgIpc) is 3.09. The van der Waals surface area contributed by atoms with Crippen LogP contribution >= 0.6 is 11.3 Å². The van der Waals surface area contributed by atoms with Crippen LogP contribution in [-0.4, -0.2) is 16.6 Å². The third kappa shape index (κ3) is 2.84. The molecule has 0 bridgehead atoms. The third-order valence-corrected chi connectivity index (χ3v) is 4.95. The van der Waals surface area contributed by atoms with Gasteiger partial charge in [0.25, 0.3) is 0 Å². The summed E-state index contributed by atoms with van der Waals surface area (Å²) in [4.78, 5) is 5.65. The highest BCUT2D eigenvalue weighted by atomic mass is 32.1. The molecule has 0 spiro atoms. The Morgan fingerprint density at radius 3 is 3.00 bits per heavy atom. The summed E-state index contributed by atoms with van der Waals surface area (Å²) in [5, 5.41) is 4.31. The highest BCUT2D eigenvalue weighted by molar-refractivity contribution is 7.19. The molecule has 1 aromatic carbocycles. The van der Waals surface area contributed by atoms with Gasteiger partial charge in [-0.05, 0) is 43.6 Å². The van der Waals surface area contributed by atoms with Gasteiger partial charge in [0, 0.05) is 41.0 Å². The fraction of sp³-hybridized carbons (Fsp3) is 0.312. The molecule has 1 N–H and O–H groups in total. The summed E-state index contributed by atoms with van der Waals surface area (Å²) in [6.45, 7) is 3.03. The molecule has 2 heterocycles. The first-order valence-corrected chi connectivity index (χ1v) is 7.89. The molecule has 3 aromatic rings. The van der Waals surface area contributed by atoms with E-state index in [0.29, 0.717) is 0 Å². The standard InChI is InChI=1S/C16H18FN3S/c1-3-20-7-6-19-16(20)10-13(18-2)15-9-11-8-12(17)4-5-14(11)21-15/h4-9,13,18H,3,10H2,1-2H3. The number of aryl methyl sites for hydroxylation is 1. The molecule has 1 unspecified atom stereocenters. The maximum Gasteiger partial charge on any atom is 0.123 e. The molecule has 0 radical (unpaired) electrons. The zero-order valence-electron chi connectivity index (χ0n) is 12.1. The van der Waals surface area contributed by atoms with E-state index in [0.717, 1.165) is 28.9 Å². The number of aromatic nitrogens is 2. The van der Waals surface area contributed by atoms with Crippen molar-refractivity contribution in [2.45, 2.75) is 25.9 Å². The summed E-state index contributed by atoms with van der Waals surface area (Å²) in [7, 11) is 1.95. The van der Waals surface area contributed by atoms with Gasteiger partial charge in [0.05, 0.1) is 0 Å². The van der Waals surface area contributed by atoms with Crippen LogP contribution in [0.25, 0.3) is 10.1 Å². The molecule has 0 aliphatic rings. The lowest BCUT2D eigenvalue weighted by atomic mass is 10.1. The van der Waals surface area contributed by atoms with Crippen LogP contribution in [-0.2, 0) is 13.0 Å². The number of hydrogen-bond donors (Lipinski definition) is 1. The molecule has 0 aliphatic carbocycles. The second-order valence-electron chi connectivity index (χ2n) is 5.01. The number of nitrogens with zero attached hydrogens (tertiary/aromatic N) is 2. The van der Waals surface area contributed by atoms with Crippen molar-refractivity contribution in [2.75, 3.05) is 7.05 Å². The smallest absolute Gasteiger partial charge is 0.123 e. The van der Waals surface area contributed by atoms with E-state index in [1.54, 1.807) is 17.4 Å². The molecule has 0 fully saturated rings. The Hall–Kier alpha value is -1.72. The second-order valence-corrected chi connectivity index (χ2v) is 6.12. The number of rotatable bonds is 5. The van der Waals surface area contributed by atoms with Gasteiger partial charge in [-0.15, -0.1) is 11.3 Å². The first kappa shape index (κ1) is 14.2. The van der Waals surface area contributed by atoms with E-state index in [4.69, 9.17) is 0 Å². The predicted octanol–water partition coefficient (Wildman–Crippen LogP) is 3.76. The maximum atomic E-state index is 13.3. The number of hydrogen-bond acceptors (Lipinski definition) is 3. The van der Waals surface area contributed by atoms with E-state index in [-0.39, 0.29) is 11.9 Å². The predicted molar refractivity (Wildman–Crippen MR) is 85.2 cm³/mol. The van der Waals surface area contributed by atoms with Crippen LogP contribution in [0.4, 0.5) is 4.39 Å². The summed E-state index contributed by atoms with van der Waals surface area (Å²) in [5.74, 6) is 0.884. The fourth-order valence-electron chi connectivity index (χ4n) is 2.55. The number of thiophene rings is 1. The van der Waals surface area contributed by atoms with E-state index in [9.17, 15) is 4.39 Å². The Balaban J connectivity index is 1.90. The van der Waals surface area contributed by atoms with Crippen LogP contribution < -0.4 is 5.32 Å². The van der Waals surface area contributed by atoms with Crippen LogP contribution in [0.5, 0.6) is 0 Å². The summed E-state index contributed by atoms with van der Waals surface area (Å²) in [5.41, 5.74) is 0. The van der Waals surface area contributed by atoms with Crippen molar-refractivity contribution in [3.05, 3.63) is 53.2 Å². The zero-order valence-corrected chi connectivity index (χ0v) is 13.0. The Kier molecular flexibility index (Phi) is 4.03. The van der Waals surface area contributed by atoms with Crippen molar-refractivity contribution >= 4 is 21.4 Å². The van der Waals surface area contributed by atoms with Gasteiger partial charge < -0.3 is 9.88 Å². The van der Waals surface area contributed by atoms with Gasteiger partial charge in [-0.25, -0.2) is 9.37 Å². The van der Waals surface area contributed by atoms with Gasteiger partial charge in [0.1, 0.15) is 11.6 Å². The number of likely N-dealkylation sites (N-methyl/N-ethyl adjacent to an activating group) is 1. The molecule has 21 heavy (non-hydrogen) atoms. The van der Waals surface area contributed by atoms with Crippen molar-refractivity contribution in [1.29, 1.82) is 0 Å². The lowest BCUT2D eigenvalue weighted by molar-refractivity contribution is 0.560. The number of nitrogens with one attached hydrogen (secondary N) is 1. The van der Waals surface area contributed by atoms with E-state index in [1.807, 2.05) is 25.5 Å². The van der Waals surface area contributed by atoms with Crippen molar-refractivity contribution in [1.82, 2.24) is 14.9 Å². The maximum absolute atomic E-state index is 13.3. The number of benzene rings is 1. The molecular formula is C16H18FN3S. The van der Waals surface area contributed by atoms with Crippen LogP contribution in [0.2, 0.25) is 0 Å². The molecule has 5 heteroatoms. The Labute approximate surface area is 127 Å². The van der Waals surface area contributed by atoms with Crippen LogP contribution in [0.15, 0.2) is 36.7 Å². The highest BCUT2D eigenvalue weighted by Crippen LogP contribution is 2.31. The van der Waals surface area contributed by atoms with E-state index in [2.05, 4.69) is 27.9 Å². The third-order valence-electron chi connectivity index (χ3n) is 3.72. The lowest BCUT2D eigenvalue weighted by Gasteiger charge is -2.14. The molecule has 0 aliphatic heterocycles. The minimum Gasteiger partial charge on any atom is -0.335 e. The van der Waals surface area contributed by atoms with Crippen molar-refractivity contribution in [3.8, 4) is 0 Å². The molecule has 110 valence electrons. The Morgan fingerprint density at radius 2 is 2.24 bits per heavy atom. The normalized spacial score (nSPS) is 12.9. The number of imidazole rings is 1.